The molecule has 0 aliphatic carbocycles. The van der Waals surface area contributed by atoms with E-state index in [-0.39, 0.29) is 11.8 Å². The molecule has 4 aromatic rings. The Kier molecular flexibility index (Phi) is 18.7. The lowest BCUT2D eigenvalue weighted by Gasteiger charge is -2.46. The molecule has 0 bridgehead atoms. The fraction of sp³-hybridized carbons (Fsp3) is 0.556. The zero-order chi connectivity index (χ0) is 44.7. The molecule has 7 nitrogen and oxygen atoms in total. The van der Waals surface area contributed by atoms with Crippen molar-refractivity contribution < 1.29 is 14.2 Å². The lowest BCUT2D eigenvalue weighted by Crippen LogP contribution is -2.45. The monoisotopic (exact) mass is 835 g/mol. The van der Waals surface area contributed by atoms with Crippen molar-refractivity contribution in [3.63, 3.8) is 0 Å². The molecule has 336 valence electrons. The zero-order valence-electron chi connectivity index (χ0n) is 40.7. The maximum absolute atomic E-state index is 7.74. The number of hydrogen-bond donors (Lipinski definition) is 0. The molecule has 0 radical (unpaired) electrons. The van der Waals surface area contributed by atoms with Crippen LogP contribution in [-0.2, 0) is 4.74 Å². The van der Waals surface area contributed by atoms with Crippen LogP contribution >= 0.6 is 0 Å². The minimum Gasteiger partial charge on any atom is -0.496 e. The van der Waals surface area contributed by atoms with Crippen LogP contribution in [0.5, 0.6) is 11.5 Å². The average molecular weight is 835 g/mol. The molecule has 7 heteroatoms. The minimum atomic E-state index is -0.700. The molecule has 2 atom stereocenters. The largest absolute Gasteiger partial charge is 0.496 e. The van der Waals surface area contributed by atoms with Gasteiger partial charge in [-0.3, -0.25) is 0 Å². The van der Waals surface area contributed by atoms with Gasteiger partial charge in [0.05, 0.1) is 25.4 Å². The number of hydrogen-bond acceptors (Lipinski definition) is 7. The Hall–Kier alpha value is -4.36. The number of anilines is 4. The number of rotatable bonds is 26. The van der Waals surface area contributed by atoms with Crippen LogP contribution in [0.15, 0.2) is 84.9 Å². The fourth-order valence-electron chi connectivity index (χ4n) is 9.04. The molecule has 4 aromatic carbocycles. The van der Waals surface area contributed by atoms with Crippen LogP contribution in [0.2, 0.25) is 0 Å². The van der Waals surface area contributed by atoms with Gasteiger partial charge in [-0.25, -0.2) is 0 Å². The third-order valence-corrected chi connectivity index (χ3v) is 12.3. The topological polar surface area (TPSA) is 40.7 Å². The molecular weight excluding hydrogens is 753 g/mol. The Morgan fingerprint density at radius 1 is 0.443 bits per heavy atom. The molecule has 2 unspecified atom stereocenters. The highest BCUT2D eigenvalue weighted by Crippen LogP contribution is 2.49. The standard InChI is InChI=1S/C54H82N4O3/c1-15-19-35-57(36-20-16-2)45-31-33-47(49(39-45)59-13)51(41-23-27-43(28-24-41)55(9)10)53(5,6)61-54(7,8)52(42-25-29-44(30-26-42)56(11)12)48-34-32-46(40-50(48)60-14)58(37-21-17-3)38-22-18-4/h23-34,39-40,51-52H,15-22,35-38H2,1-14H3. The molecule has 61 heavy (non-hydrogen) atoms. The molecule has 0 fully saturated rings. The predicted molar refractivity (Wildman–Crippen MR) is 265 cm³/mol. The summed E-state index contributed by atoms with van der Waals surface area (Å²) in [4.78, 5) is 9.36. The summed E-state index contributed by atoms with van der Waals surface area (Å²) in [5.41, 5.74) is 7.93. The van der Waals surface area contributed by atoms with E-state index in [0.717, 1.165) is 112 Å². The predicted octanol–water partition coefficient (Wildman–Crippen LogP) is 13.2. The SMILES string of the molecule is CCCCN(CCCC)c1ccc(C(c2ccc(N(C)C)cc2)C(C)(C)OC(C)(C)C(c2ccc(N(C)C)cc2)c2ccc(N(CCCC)CCCC)cc2OC)c(OC)c1. The van der Waals surface area contributed by atoms with Crippen LogP contribution in [0.3, 0.4) is 0 Å². The van der Waals surface area contributed by atoms with Crippen LogP contribution < -0.4 is 29.1 Å². The van der Waals surface area contributed by atoms with Gasteiger partial charge in [-0.15, -0.1) is 0 Å². The van der Waals surface area contributed by atoms with Crippen molar-refractivity contribution >= 4 is 22.7 Å². The van der Waals surface area contributed by atoms with Gasteiger partial charge in [0.15, 0.2) is 0 Å². The van der Waals surface area contributed by atoms with Gasteiger partial charge in [0.1, 0.15) is 11.5 Å². The average Bonchev–Trinajstić information content (AvgIpc) is 3.24. The highest BCUT2D eigenvalue weighted by atomic mass is 16.5. The molecule has 0 saturated heterocycles. The van der Waals surface area contributed by atoms with Crippen molar-refractivity contribution in [1.29, 1.82) is 0 Å². The zero-order valence-corrected chi connectivity index (χ0v) is 40.7. The third-order valence-electron chi connectivity index (χ3n) is 12.3. The highest BCUT2D eigenvalue weighted by Gasteiger charge is 2.44. The first kappa shape index (κ1) is 49.3. The first-order chi connectivity index (χ1) is 29.2. The Morgan fingerprint density at radius 3 is 1.00 bits per heavy atom. The van der Waals surface area contributed by atoms with Gasteiger partial charge in [0.25, 0.3) is 0 Å². The summed E-state index contributed by atoms with van der Waals surface area (Å²) in [5.74, 6) is 1.46. The van der Waals surface area contributed by atoms with E-state index < -0.39 is 11.2 Å². The summed E-state index contributed by atoms with van der Waals surface area (Å²) in [5, 5.41) is 0. The number of methoxy groups -OCH3 is 2. The number of ether oxygens (including phenoxy) is 3. The summed E-state index contributed by atoms with van der Waals surface area (Å²) in [6.07, 6.45) is 9.30. The van der Waals surface area contributed by atoms with Gasteiger partial charge < -0.3 is 33.8 Å². The van der Waals surface area contributed by atoms with Crippen molar-refractivity contribution in [3.8, 4) is 11.5 Å². The lowest BCUT2D eigenvalue weighted by atomic mass is 9.75. The van der Waals surface area contributed by atoms with Crippen LogP contribution in [0, 0.1) is 0 Å². The Balaban J connectivity index is 1.90. The Labute approximate surface area is 372 Å². The third kappa shape index (κ3) is 12.8. The van der Waals surface area contributed by atoms with Crippen LogP contribution in [0.4, 0.5) is 22.7 Å². The van der Waals surface area contributed by atoms with Gasteiger partial charge in [-0.1, -0.05) is 89.8 Å². The summed E-state index contributed by atoms with van der Waals surface area (Å²) in [6.45, 7) is 22.2. The van der Waals surface area contributed by atoms with E-state index in [1.807, 2.05) is 14.2 Å². The Morgan fingerprint density at radius 2 is 0.738 bits per heavy atom. The maximum atomic E-state index is 7.74. The number of nitrogens with zero attached hydrogens (tertiary/aromatic N) is 4. The van der Waals surface area contributed by atoms with E-state index >= 15 is 0 Å². The summed E-state index contributed by atoms with van der Waals surface area (Å²) in [7, 11) is 12.0. The summed E-state index contributed by atoms with van der Waals surface area (Å²) >= 11 is 0. The minimum absolute atomic E-state index is 0.154. The van der Waals surface area contributed by atoms with Gasteiger partial charge in [-0.2, -0.15) is 0 Å². The van der Waals surface area contributed by atoms with Gasteiger partial charge >= 0.3 is 0 Å². The molecule has 0 saturated carbocycles. The van der Waals surface area contributed by atoms with E-state index in [1.165, 1.54) is 22.5 Å². The van der Waals surface area contributed by atoms with E-state index in [2.05, 4.69) is 188 Å². The smallest absolute Gasteiger partial charge is 0.124 e. The summed E-state index contributed by atoms with van der Waals surface area (Å²) < 4.78 is 20.4. The second kappa shape index (κ2) is 23.2. The molecule has 0 aromatic heterocycles. The lowest BCUT2D eigenvalue weighted by molar-refractivity contribution is -0.136. The fourth-order valence-corrected chi connectivity index (χ4v) is 9.04. The molecule has 0 heterocycles. The molecule has 0 aliphatic rings. The summed E-state index contributed by atoms with van der Waals surface area (Å²) in [6, 6.07) is 31.6. The van der Waals surface area contributed by atoms with E-state index in [0.29, 0.717) is 0 Å². The molecule has 4 rings (SSSR count). The Bertz CT molecular complexity index is 1730. The first-order valence-electron chi connectivity index (χ1n) is 23.3. The van der Waals surface area contributed by atoms with Gasteiger partial charge in [0, 0.05) is 112 Å². The van der Waals surface area contributed by atoms with Gasteiger partial charge in [-0.05, 0) is 101 Å². The van der Waals surface area contributed by atoms with Crippen molar-refractivity contribution in [2.45, 2.75) is 130 Å². The van der Waals surface area contributed by atoms with Crippen LogP contribution in [0.25, 0.3) is 0 Å². The van der Waals surface area contributed by atoms with Crippen molar-refractivity contribution in [2.75, 3.05) is 88.2 Å². The van der Waals surface area contributed by atoms with Gasteiger partial charge in [0.2, 0.25) is 0 Å². The quantitative estimate of drug-likeness (QED) is 0.0624. The normalized spacial score (nSPS) is 12.8. The van der Waals surface area contributed by atoms with Crippen molar-refractivity contribution in [1.82, 2.24) is 0 Å². The number of unbranched alkanes of at least 4 members (excludes halogenated alkanes) is 4. The second-order valence-electron chi connectivity index (χ2n) is 18.4. The molecule has 0 aliphatic heterocycles. The van der Waals surface area contributed by atoms with E-state index in [1.54, 1.807) is 0 Å². The highest BCUT2D eigenvalue weighted by molar-refractivity contribution is 5.59. The van der Waals surface area contributed by atoms with E-state index in [4.69, 9.17) is 14.2 Å². The molecular formula is C54H82N4O3. The first-order valence-corrected chi connectivity index (χ1v) is 23.3. The number of benzene rings is 4. The van der Waals surface area contributed by atoms with Crippen LogP contribution in [0.1, 0.15) is 141 Å². The van der Waals surface area contributed by atoms with E-state index in [9.17, 15) is 0 Å². The molecule has 0 spiro atoms. The molecule has 0 amide bonds. The van der Waals surface area contributed by atoms with Crippen molar-refractivity contribution in [2.24, 2.45) is 0 Å². The van der Waals surface area contributed by atoms with Crippen LogP contribution in [-0.4, -0.2) is 79.8 Å². The second-order valence-corrected chi connectivity index (χ2v) is 18.4. The van der Waals surface area contributed by atoms with Crippen molar-refractivity contribution in [3.05, 3.63) is 107 Å². The maximum Gasteiger partial charge on any atom is 0.124 e. The molecule has 0 N–H and O–H groups in total.